The van der Waals surface area contributed by atoms with Crippen molar-refractivity contribution in [2.24, 2.45) is 4.74 Å². The Labute approximate surface area is 36.8 Å². The lowest BCUT2D eigenvalue weighted by atomic mass is 10.8. The molecule has 3 heteroatoms. The summed E-state index contributed by atoms with van der Waals surface area (Å²) in [4.78, 5) is 0. The molecule has 1 heterocycles. The van der Waals surface area contributed by atoms with E-state index in [2.05, 4.69) is 4.74 Å². The van der Waals surface area contributed by atoms with Gasteiger partial charge < -0.3 is 0 Å². The third kappa shape index (κ3) is 0.899. The van der Waals surface area contributed by atoms with E-state index < -0.39 is 0 Å². The summed E-state index contributed by atoms with van der Waals surface area (Å²) in [5.74, 6) is 1.24. The van der Waals surface area contributed by atoms with Crippen molar-refractivity contribution in [3.8, 4) is 0 Å². The molecule has 0 aromatic heterocycles. The zero-order valence-corrected chi connectivity index (χ0v) is 4.43. The summed E-state index contributed by atoms with van der Waals surface area (Å²) in [6, 6.07) is 0. The summed E-state index contributed by atoms with van der Waals surface area (Å²) in [7, 11) is 1.23. The molecule has 28 valence electrons. The number of hydrogen-bond acceptors (Lipinski definition) is 2. The molecule has 5 heavy (non-hydrogen) atoms. The van der Waals surface area contributed by atoms with Crippen LogP contribution in [0.25, 0.3) is 0 Å². The van der Waals surface area contributed by atoms with Gasteiger partial charge in [-0.05, 0) is 0 Å². The predicted octanol–water partition coefficient (Wildman–Crippen LogP) is 1.78. The van der Waals surface area contributed by atoms with Crippen LogP contribution in [0.4, 0.5) is 0 Å². The Morgan fingerprint density at radius 3 is 3.00 bits per heavy atom. The zero-order valence-electron chi connectivity index (χ0n) is 2.72. The lowest BCUT2D eigenvalue weighted by Gasteiger charge is -1.65. The van der Waals surface area contributed by atoms with Crippen LogP contribution >= 0.6 is 19.0 Å². The summed E-state index contributed by atoms with van der Waals surface area (Å²) < 4.78 is 4.02. The van der Waals surface area contributed by atoms with E-state index in [1.165, 1.54) is 13.3 Å². The van der Waals surface area contributed by atoms with Crippen LogP contribution < -0.4 is 0 Å². The van der Waals surface area contributed by atoms with Gasteiger partial charge in [-0.15, -0.1) is 0 Å². The number of rotatable bonds is 0. The highest BCUT2D eigenvalue weighted by Gasteiger charge is 1.87. The first-order valence-corrected chi connectivity index (χ1v) is 3.93. The third-order valence-corrected chi connectivity index (χ3v) is 2.43. The van der Waals surface area contributed by atoms with Gasteiger partial charge in [0.05, 0.1) is 14.1 Å². The molecule has 0 atom stereocenters. The second-order valence-electron chi connectivity index (χ2n) is 0.780. The molecule has 0 aromatic rings. The fraction of sp³-hybridized carbons (Fsp3) is 1.00. The van der Waals surface area contributed by atoms with Crippen LogP contribution in [0.3, 0.4) is 0 Å². The van der Waals surface area contributed by atoms with Gasteiger partial charge in [0.25, 0.3) is 0 Å². The first-order chi connectivity index (χ1) is 2.50. The molecule has 0 spiro atoms. The summed E-state index contributed by atoms with van der Waals surface area (Å²) >= 11 is 1.88. The quantitative estimate of drug-likeness (QED) is 0.428. The van der Waals surface area contributed by atoms with E-state index in [1.54, 1.807) is 0 Å². The molecule has 0 radical (unpaired) electrons. The van der Waals surface area contributed by atoms with Crippen molar-refractivity contribution in [3.05, 3.63) is 0 Å². The van der Waals surface area contributed by atoms with Crippen molar-refractivity contribution in [2.75, 3.05) is 12.3 Å². The molecule has 0 unspecified atom stereocenters. The molecule has 0 aromatic carbocycles. The van der Waals surface area contributed by atoms with Crippen molar-refractivity contribution in [3.63, 3.8) is 0 Å². The molecule has 1 rings (SSSR count). The van der Waals surface area contributed by atoms with Crippen LogP contribution in [-0.2, 0) is 0 Å². The van der Waals surface area contributed by atoms with Gasteiger partial charge in [0.15, 0.2) is 0 Å². The Morgan fingerprint density at radius 2 is 2.80 bits per heavy atom. The highest BCUT2D eigenvalue weighted by Crippen LogP contribution is 2.26. The SMILES string of the molecule is C1CSP=N1. The Morgan fingerprint density at radius 1 is 1.80 bits per heavy atom. The van der Waals surface area contributed by atoms with E-state index in [0.29, 0.717) is 0 Å². The van der Waals surface area contributed by atoms with Crippen LogP contribution in [0.1, 0.15) is 0 Å². The van der Waals surface area contributed by atoms with Crippen LogP contribution in [0.2, 0.25) is 0 Å². The molecule has 1 aliphatic heterocycles. The van der Waals surface area contributed by atoms with Gasteiger partial charge in [0.1, 0.15) is 0 Å². The Bertz CT molecular complexity index is 47.6. The molecule has 0 saturated heterocycles. The van der Waals surface area contributed by atoms with E-state index in [9.17, 15) is 0 Å². The molecule has 0 aliphatic carbocycles. The molecule has 0 amide bonds. The summed E-state index contributed by atoms with van der Waals surface area (Å²) in [6.45, 7) is 1.08. The lowest BCUT2D eigenvalue weighted by Crippen LogP contribution is -1.69. The molecular weight excluding hydrogens is 101 g/mol. The highest BCUT2D eigenvalue weighted by molar-refractivity contribution is 8.46. The second-order valence-corrected chi connectivity index (χ2v) is 3.16. The molecule has 0 fully saturated rings. The van der Waals surface area contributed by atoms with Gasteiger partial charge in [-0.3, -0.25) is 4.74 Å². The fourth-order valence-electron chi connectivity index (χ4n) is 0.204. The average molecular weight is 105 g/mol. The monoisotopic (exact) mass is 105 g/mol. The predicted molar refractivity (Wildman–Crippen MR) is 26.7 cm³/mol. The molecular formula is C2H4NPS. The highest BCUT2D eigenvalue weighted by atomic mass is 32.7. The Kier molecular flexibility index (Phi) is 1.30. The average Bonchev–Trinajstić information content (AvgIpc) is 1.76. The second kappa shape index (κ2) is 1.78. The van der Waals surface area contributed by atoms with Crippen molar-refractivity contribution < 1.29 is 0 Å². The van der Waals surface area contributed by atoms with Gasteiger partial charge >= 0.3 is 0 Å². The fourth-order valence-corrected chi connectivity index (χ4v) is 1.84. The number of hydrogen-bond donors (Lipinski definition) is 0. The van der Waals surface area contributed by atoms with Crippen molar-refractivity contribution in [1.82, 2.24) is 0 Å². The minimum atomic E-state index is 1.08. The van der Waals surface area contributed by atoms with Crippen LogP contribution in [0.15, 0.2) is 4.74 Å². The van der Waals surface area contributed by atoms with Gasteiger partial charge in [-0.1, -0.05) is 11.4 Å². The molecule has 1 nitrogen and oxygen atoms in total. The van der Waals surface area contributed by atoms with Gasteiger partial charge in [0.2, 0.25) is 0 Å². The summed E-state index contributed by atoms with van der Waals surface area (Å²) in [6.07, 6.45) is 0. The van der Waals surface area contributed by atoms with Crippen LogP contribution in [0, 0.1) is 0 Å². The first kappa shape index (κ1) is 3.63. The topological polar surface area (TPSA) is 12.4 Å². The van der Waals surface area contributed by atoms with E-state index in [-0.39, 0.29) is 0 Å². The Hall–Kier alpha value is 0.450. The Balaban J connectivity index is 2.32. The molecule has 0 N–H and O–H groups in total. The third-order valence-electron chi connectivity index (χ3n) is 0.398. The van der Waals surface area contributed by atoms with Crippen molar-refractivity contribution in [1.29, 1.82) is 0 Å². The zero-order chi connectivity index (χ0) is 3.54. The largest absolute Gasteiger partial charge is 0.257 e. The maximum absolute atomic E-state index is 4.02. The van der Waals surface area contributed by atoms with Crippen LogP contribution in [0.5, 0.6) is 0 Å². The lowest BCUT2D eigenvalue weighted by molar-refractivity contribution is 1.19. The van der Waals surface area contributed by atoms with E-state index in [4.69, 9.17) is 0 Å². The van der Waals surface area contributed by atoms with Crippen molar-refractivity contribution >= 4 is 19.0 Å². The summed E-state index contributed by atoms with van der Waals surface area (Å²) in [5.41, 5.74) is 0. The molecule has 0 saturated carbocycles. The van der Waals surface area contributed by atoms with Gasteiger partial charge in [-0.2, -0.15) is 0 Å². The summed E-state index contributed by atoms with van der Waals surface area (Å²) in [5, 5.41) is 0. The van der Waals surface area contributed by atoms with Crippen LogP contribution in [-0.4, -0.2) is 12.3 Å². The van der Waals surface area contributed by atoms with E-state index in [1.807, 2.05) is 11.4 Å². The maximum atomic E-state index is 4.02. The van der Waals surface area contributed by atoms with E-state index >= 15 is 0 Å². The smallest absolute Gasteiger partial charge is 0.0730 e. The first-order valence-electron chi connectivity index (χ1n) is 1.49. The maximum Gasteiger partial charge on any atom is 0.0730 e. The van der Waals surface area contributed by atoms with Crippen molar-refractivity contribution in [2.45, 2.75) is 0 Å². The minimum absolute atomic E-state index is 1.08. The van der Waals surface area contributed by atoms with Gasteiger partial charge in [0, 0.05) is 5.75 Å². The van der Waals surface area contributed by atoms with E-state index in [0.717, 1.165) is 6.54 Å². The molecule has 0 bridgehead atoms. The normalized spacial score (nSPS) is 24.0. The minimum Gasteiger partial charge on any atom is -0.257 e. The standard InChI is InChI=1S/C2H4NPS/c1-2-5-4-3-1/h1-2H2. The van der Waals surface area contributed by atoms with Gasteiger partial charge in [-0.25, -0.2) is 0 Å². The molecule has 1 aliphatic rings. The number of nitrogens with zero attached hydrogens (tertiary/aromatic N) is 1.